The number of hydrogen-bond acceptors (Lipinski definition) is 5. The highest BCUT2D eigenvalue weighted by Gasteiger charge is 2.30. The van der Waals surface area contributed by atoms with Crippen LogP contribution in [0.3, 0.4) is 0 Å². The molecule has 0 spiro atoms. The highest BCUT2D eigenvalue weighted by molar-refractivity contribution is 6.04. The van der Waals surface area contributed by atoms with E-state index in [9.17, 15) is 18.0 Å². The van der Waals surface area contributed by atoms with Crippen LogP contribution in [0.1, 0.15) is 15.9 Å². The number of fused-ring (bicyclic) bond motifs is 1. The van der Waals surface area contributed by atoms with Gasteiger partial charge in [-0.15, -0.1) is 0 Å². The Labute approximate surface area is 197 Å². The quantitative estimate of drug-likeness (QED) is 0.289. The number of alkyl halides is 3. The second-order valence-corrected chi connectivity index (χ2v) is 7.61. The van der Waals surface area contributed by atoms with Gasteiger partial charge in [0.25, 0.3) is 5.91 Å². The number of rotatable bonds is 5. The lowest BCUT2D eigenvalue weighted by atomic mass is 10.1. The molecule has 1 amide bonds. The Bertz CT molecular complexity index is 1510. The smallest absolute Gasteiger partial charge is 0.358 e. The second-order valence-electron chi connectivity index (χ2n) is 7.61. The summed E-state index contributed by atoms with van der Waals surface area (Å²) in [6.45, 7) is 0. The van der Waals surface area contributed by atoms with Gasteiger partial charge in [0.2, 0.25) is 5.95 Å². The molecular formula is C25H17F3N6O. The Morgan fingerprint density at radius 2 is 1.66 bits per heavy atom. The number of halogens is 3. The van der Waals surface area contributed by atoms with Crippen LogP contribution in [0.4, 0.5) is 30.5 Å². The van der Waals surface area contributed by atoms with E-state index in [2.05, 4.69) is 30.6 Å². The van der Waals surface area contributed by atoms with Crippen molar-refractivity contribution >= 4 is 34.3 Å². The Hall–Kier alpha value is -4.73. The zero-order chi connectivity index (χ0) is 24.4. The highest BCUT2D eigenvalue weighted by atomic mass is 19.4. The Balaban J connectivity index is 1.39. The Kier molecular flexibility index (Phi) is 5.61. The van der Waals surface area contributed by atoms with E-state index in [0.29, 0.717) is 28.5 Å². The van der Waals surface area contributed by atoms with E-state index in [1.807, 2.05) is 18.2 Å². The zero-order valence-corrected chi connectivity index (χ0v) is 18.0. The van der Waals surface area contributed by atoms with E-state index in [4.69, 9.17) is 0 Å². The monoisotopic (exact) mass is 474 g/mol. The number of nitrogens with zero attached hydrogens (tertiary/aromatic N) is 3. The number of H-pyrrole nitrogens is 1. The first kappa shape index (κ1) is 22.1. The normalized spacial score (nSPS) is 11.4. The Morgan fingerprint density at radius 3 is 2.46 bits per heavy atom. The van der Waals surface area contributed by atoms with E-state index in [1.165, 1.54) is 12.1 Å². The van der Waals surface area contributed by atoms with Crippen molar-refractivity contribution in [1.82, 2.24) is 19.9 Å². The molecule has 0 unspecified atom stereocenters. The van der Waals surface area contributed by atoms with Crippen LogP contribution in [0, 0.1) is 0 Å². The fourth-order valence-electron chi connectivity index (χ4n) is 3.56. The van der Waals surface area contributed by atoms with Gasteiger partial charge in [-0.2, -0.15) is 13.2 Å². The fourth-order valence-corrected chi connectivity index (χ4v) is 3.56. The van der Waals surface area contributed by atoms with Crippen LogP contribution in [0.15, 0.2) is 85.3 Å². The molecule has 3 heterocycles. The summed E-state index contributed by atoms with van der Waals surface area (Å²) < 4.78 is 38.9. The molecule has 3 N–H and O–H groups in total. The minimum atomic E-state index is -4.53. The van der Waals surface area contributed by atoms with Crippen LogP contribution in [0.2, 0.25) is 0 Å². The molecule has 3 aromatic heterocycles. The van der Waals surface area contributed by atoms with Gasteiger partial charge in [0.1, 0.15) is 5.69 Å². The molecular weight excluding hydrogens is 457 g/mol. The second kappa shape index (κ2) is 8.90. The predicted octanol–water partition coefficient (Wildman–Crippen LogP) is 6.03. The summed E-state index contributed by atoms with van der Waals surface area (Å²) in [5, 5.41) is 5.75. The number of nitrogens with one attached hydrogen (secondary N) is 3. The topological polar surface area (TPSA) is 95.6 Å². The first-order chi connectivity index (χ1) is 16.9. The number of anilines is 3. The minimum absolute atomic E-state index is 0.0959. The minimum Gasteiger partial charge on any atom is -0.358 e. The molecule has 10 heteroatoms. The number of pyridine rings is 1. The maximum Gasteiger partial charge on any atom is 0.416 e. The van der Waals surface area contributed by atoms with Crippen molar-refractivity contribution in [3.63, 3.8) is 0 Å². The van der Waals surface area contributed by atoms with Crippen molar-refractivity contribution in [1.29, 1.82) is 0 Å². The van der Waals surface area contributed by atoms with Crippen LogP contribution >= 0.6 is 0 Å². The van der Waals surface area contributed by atoms with Crippen molar-refractivity contribution < 1.29 is 18.0 Å². The summed E-state index contributed by atoms with van der Waals surface area (Å²) in [7, 11) is 0. The standard InChI is InChI=1S/C25H17F3N6O/c26-25(27,28)17-4-1-3-16(13-17)23(35)31-18-5-2-6-19(14-18)32-24-33-20-9-12-30-22(20)21(34-24)15-7-10-29-11-8-15/h1-14,30H,(H,31,35)(H,32,33,34). The van der Waals surface area contributed by atoms with Gasteiger partial charge in [0.15, 0.2) is 0 Å². The van der Waals surface area contributed by atoms with Gasteiger partial charge in [0, 0.05) is 41.1 Å². The molecule has 0 radical (unpaired) electrons. The molecule has 0 aliphatic heterocycles. The fraction of sp³-hybridized carbons (Fsp3) is 0.0400. The van der Waals surface area contributed by atoms with Gasteiger partial charge in [-0.05, 0) is 54.6 Å². The molecule has 35 heavy (non-hydrogen) atoms. The summed E-state index contributed by atoms with van der Waals surface area (Å²) >= 11 is 0. The molecule has 5 rings (SSSR count). The molecule has 0 saturated carbocycles. The first-order valence-electron chi connectivity index (χ1n) is 10.5. The molecule has 2 aromatic carbocycles. The van der Waals surface area contributed by atoms with Gasteiger partial charge in [0.05, 0.1) is 16.6 Å². The van der Waals surface area contributed by atoms with Crippen LogP contribution < -0.4 is 10.6 Å². The van der Waals surface area contributed by atoms with E-state index in [-0.39, 0.29) is 5.56 Å². The lowest BCUT2D eigenvalue weighted by Crippen LogP contribution is -2.14. The molecule has 0 atom stereocenters. The van der Waals surface area contributed by atoms with Crippen LogP contribution in [0.25, 0.3) is 22.3 Å². The summed E-state index contributed by atoms with van der Waals surface area (Å²) in [5.41, 5.74) is 3.05. The van der Waals surface area contributed by atoms with Crippen molar-refractivity contribution in [3.05, 3.63) is 96.4 Å². The van der Waals surface area contributed by atoms with E-state index < -0.39 is 17.6 Å². The third-order valence-corrected chi connectivity index (χ3v) is 5.19. The average molecular weight is 474 g/mol. The number of hydrogen-bond donors (Lipinski definition) is 3. The maximum absolute atomic E-state index is 13.0. The summed E-state index contributed by atoms with van der Waals surface area (Å²) in [6, 6.07) is 16.5. The number of carbonyl (C=O) groups is 1. The number of amides is 1. The lowest BCUT2D eigenvalue weighted by Gasteiger charge is -2.11. The van der Waals surface area contributed by atoms with Gasteiger partial charge in [-0.1, -0.05) is 12.1 Å². The number of aromatic amines is 1. The number of carbonyl (C=O) groups excluding carboxylic acids is 1. The van der Waals surface area contributed by atoms with Crippen LogP contribution in [-0.4, -0.2) is 25.8 Å². The van der Waals surface area contributed by atoms with Crippen LogP contribution in [-0.2, 0) is 6.18 Å². The maximum atomic E-state index is 13.0. The third kappa shape index (κ3) is 4.81. The van der Waals surface area contributed by atoms with Gasteiger partial charge < -0.3 is 15.6 Å². The van der Waals surface area contributed by atoms with E-state index in [1.54, 1.807) is 42.9 Å². The Morgan fingerprint density at radius 1 is 0.886 bits per heavy atom. The lowest BCUT2D eigenvalue weighted by molar-refractivity contribution is -0.137. The highest BCUT2D eigenvalue weighted by Crippen LogP contribution is 2.30. The van der Waals surface area contributed by atoms with Gasteiger partial charge >= 0.3 is 6.18 Å². The summed E-state index contributed by atoms with van der Waals surface area (Å²) in [5.74, 6) is -0.316. The van der Waals surface area contributed by atoms with Gasteiger partial charge in [-0.3, -0.25) is 9.78 Å². The number of benzene rings is 2. The molecule has 0 saturated heterocycles. The van der Waals surface area contributed by atoms with Crippen molar-refractivity contribution in [3.8, 4) is 11.3 Å². The molecule has 174 valence electrons. The SMILES string of the molecule is O=C(Nc1cccc(Nc2nc(-c3ccncc3)c3[nH]ccc3n2)c1)c1cccc(C(F)(F)F)c1. The van der Waals surface area contributed by atoms with Gasteiger partial charge in [-0.25, -0.2) is 9.97 Å². The van der Waals surface area contributed by atoms with Crippen molar-refractivity contribution in [2.45, 2.75) is 6.18 Å². The molecule has 0 aliphatic rings. The predicted molar refractivity (Wildman–Crippen MR) is 126 cm³/mol. The van der Waals surface area contributed by atoms with Crippen LogP contribution in [0.5, 0.6) is 0 Å². The van der Waals surface area contributed by atoms with Crippen molar-refractivity contribution in [2.24, 2.45) is 0 Å². The van der Waals surface area contributed by atoms with E-state index in [0.717, 1.165) is 23.2 Å². The molecule has 0 aliphatic carbocycles. The summed E-state index contributed by atoms with van der Waals surface area (Å²) in [6.07, 6.45) is 0.597. The first-order valence-corrected chi connectivity index (χ1v) is 10.5. The molecule has 7 nitrogen and oxygen atoms in total. The molecule has 0 fully saturated rings. The molecule has 5 aromatic rings. The largest absolute Gasteiger partial charge is 0.416 e. The zero-order valence-electron chi connectivity index (χ0n) is 18.0. The number of aromatic nitrogens is 4. The third-order valence-electron chi connectivity index (χ3n) is 5.19. The molecule has 0 bridgehead atoms. The van der Waals surface area contributed by atoms with E-state index >= 15 is 0 Å². The van der Waals surface area contributed by atoms with Crippen molar-refractivity contribution in [2.75, 3.05) is 10.6 Å². The average Bonchev–Trinajstić information content (AvgIpc) is 3.32. The summed E-state index contributed by atoms with van der Waals surface area (Å²) in [4.78, 5) is 28.9.